The van der Waals surface area contributed by atoms with E-state index in [1.807, 2.05) is 0 Å². The molecule has 0 bridgehead atoms. The van der Waals surface area contributed by atoms with Crippen LogP contribution in [0.25, 0.3) is 0 Å². The molecule has 0 aromatic carbocycles. The van der Waals surface area contributed by atoms with Crippen molar-refractivity contribution in [1.82, 2.24) is 10.9 Å². The molecule has 0 spiro atoms. The quantitative estimate of drug-likeness (QED) is 0.483. The van der Waals surface area contributed by atoms with Crippen LogP contribution in [0.4, 0.5) is 0 Å². The number of hydrogen-bond donors (Lipinski definition) is 2. The Kier molecular flexibility index (Phi) is 2.92. The van der Waals surface area contributed by atoms with Gasteiger partial charge in [-0.3, -0.25) is 10.9 Å². The van der Waals surface area contributed by atoms with E-state index in [0.29, 0.717) is 0 Å². The highest BCUT2D eigenvalue weighted by Gasteiger charge is 1.93. The van der Waals surface area contributed by atoms with Gasteiger partial charge in [0, 0.05) is 13.1 Å². The fourth-order valence-electron chi connectivity index (χ4n) is 0.957. The molecule has 0 radical (unpaired) electrons. The summed E-state index contributed by atoms with van der Waals surface area (Å²) in [5.41, 5.74) is 6.27. The topological polar surface area (TPSA) is 24.1 Å². The lowest BCUT2D eigenvalue weighted by atomic mass is 10.2. The van der Waals surface area contributed by atoms with Gasteiger partial charge in [0.2, 0.25) is 0 Å². The predicted octanol–water partition coefficient (Wildman–Crippen LogP) is 0.655. The van der Waals surface area contributed by atoms with Crippen molar-refractivity contribution in [2.75, 3.05) is 13.1 Å². The van der Waals surface area contributed by atoms with E-state index in [-0.39, 0.29) is 0 Å². The molecule has 0 unspecified atom stereocenters. The van der Waals surface area contributed by atoms with E-state index in [1.165, 1.54) is 25.7 Å². The summed E-state index contributed by atoms with van der Waals surface area (Å²) >= 11 is 0. The Labute approximate surface area is 50.6 Å². The van der Waals surface area contributed by atoms with Crippen LogP contribution in [0.15, 0.2) is 0 Å². The molecule has 1 aliphatic rings. The fourth-order valence-corrected chi connectivity index (χ4v) is 0.957. The van der Waals surface area contributed by atoms with Crippen LogP contribution in [0.1, 0.15) is 25.7 Å². The summed E-state index contributed by atoms with van der Waals surface area (Å²) in [5, 5.41) is 0. The molecule has 2 nitrogen and oxygen atoms in total. The van der Waals surface area contributed by atoms with Crippen LogP contribution in [0.5, 0.6) is 0 Å². The third-order valence-electron chi connectivity index (χ3n) is 1.48. The normalized spacial score (nSPS) is 24.0. The third kappa shape index (κ3) is 2.28. The summed E-state index contributed by atoms with van der Waals surface area (Å²) in [6, 6.07) is 0. The highest BCUT2D eigenvalue weighted by atomic mass is 15.3. The molecule has 2 N–H and O–H groups in total. The van der Waals surface area contributed by atoms with Crippen LogP contribution in [0, 0.1) is 0 Å². The Morgan fingerprint density at radius 1 is 0.625 bits per heavy atom. The van der Waals surface area contributed by atoms with Crippen molar-refractivity contribution in [3.8, 4) is 0 Å². The molecule has 0 saturated carbocycles. The maximum Gasteiger partial charge on any atom is 0.00997 e. The zero-order valence-corrected chi connectivity index (χ0v) is 5.24. The Hall–Kier alpha value is -0.0800. The Bertz CT molecular complexity index is 30.5. The standard InChI is InChI=1S/C6H14N2/c1-2-4-6-8-7-5-3-1/h7-8H,1-6H2. The van der Waals surface area contributed by atoms with Gasteiger partial charge in [-0.05, 0) is 12.8 Å². The van der Waals surface area contributed by atoms with Gasteiger partial charge in [-0.1, -0.05) is 12.8 Å². The summed E-state index contributed by atoms with van der Waals surface area (Å²) < 4.78 is 0. The Balaban J connectivity index is 2.00. The largest absolute Gasteiger partial charge is 0.258 e. The maximum atomic E-state index is 3.14. The highest BCUT2D eigenvalue weighted by molar-refractivity contribution is 4.51. The van der Waals surface area contributed by atoms with Gasteiger partial charge < -0.3 is 0 Å². The lowest BCUT2D eigenvalue weighted by Gasteiger charge is -2.09. The minimum atomic E-state index is 1.14. The number of hydrazine groups is 1. The van der Waals surface area contributed by atoms with Gasteiger partial charge in [-0.25, -0.2) is 0 Å². The number of nitrogens with one attached hydrogen (secondary N) is 2. The summed E-state index contributed by atoms with van der Waals surface area (Å²) in [5.74, 6) is 0. The minimum absolute atomic E-state index is 1.14. The molecule has 0 aromatic heterocycles. The molecule has 1 saturated heterocycles. The Morgan fingerprint density at radius 2 is 1.12 bits per heavy atom. The van der Waals surface area contributed by atoms with E-state index in [2.05, 4.69) is 10.9 Å². The van der Waals surface area contributed by atoms with E-state index in [0.717, 1.165) is 13.1 Å². The molecule has 8 heavy (non-hydrogen) atoms. The zero-order chi connectivity index (χ0) is 5.66. The molecule has 0 amide bonds. The Morgan fingerprint density at radius 3 is 1.62 bits per heavy atom. The van der Waals surface area contributed by atoms with Crippen LogP contribution >= 0.6 is 0 Å². The van der Waals surface area contributed by atoms with Gasteiger partial charge in [0.1, 0.15) is 0 Å². The highest BCUT2D eigenvalue weighted by Crippen LogP contribution is 1.98. The maximum absolute atomic E-state index is 3.14. The van der Waals surface area contributed by atoms with E-state index < -0.39 is 0 Å². The van der Waals surface area contributed by atoms with Gasteiger partial charge in [0.15, 0.2) is 0 Å². The van der Waals surface area contributed by atoms with Crippen LogP contribution in [-0.4, -0.2) is 13.1 Å². The monoisotopic (exact) mass is 114 g/mol. The van der Waals surface area contributed by atoms with Crippen molar-refractivity contribution in [2.45, 2.75) is 25.7 Å². The van der Waals surface area contributed by atoms with E-state index >= 15 is 0 Å². The van der Waals surface area contributed by atoms with E-state index in [9.17, 15) is 0 Å². The second kappa shape index (κ2) is 3.87. The molecule has 0 aliphatic carbocycles. The molecule has 1 fully saturated rings. The molecular formula is C6H14N2. The fraction of sp³-hybridized carbons (Fsp3) is 1.00. The second-order valence-electron chi connectivity index (χ2n) is 2.27. The van der Waals surface area contributed by atoms with Crippen LogP contribution in [0.3, 0.4) is 0 Å². The molecule has 1 heterocycles. The summed E-state index contributed by atoms with van der Waals surface area (Å²) in [7, 11) is 0. The molecule has 2 heteroatoms. The average molecular weight is 114 g/mol. The molecule has 1 rings (SSSR count). The van der Waals surface area contributed by atoms with Gasteiger partial charge in [-0.2, -0.15) is 0 Å². The molecular weight excluding hydrogens is 100 g/mol. The van der Waals surface area contributed by atoms with Crippen molar-refractivity contribution in [3.05, 3.63) is 0 Å². The first-order chi connectivity index (χ1) is 4.00. The van der Waals surface area contributed by atoms with Crippen molar-refractivity contribution >= 4 is 0 Å². The van der Waals surface area contributed by atoms with E-state index in [1.54, 1.807) is 0 Å². The molecule has 0 atom stereocenters. The van der Waals surface area contributed by atoms with Crippen molar-refractivity contribution in [3.63, 3.8) is 0 Å². The number of hydrogen-bond acceptors (Lipinski definition) is 2. The molecule has 48 valence electrons. The van der Waals surface area contributed by atoms with Crippen LogP contribution < -0.4 is 10.9 Å². The lowest BCUT2D eigenvalue weighted by molar-refractivity contribution is 0.454. The van der Waals surface area contributed by atoms with Crippen LogP contribution in [-0.2, 0) is 0 Å². The molecule has 0 aromatic rings. The second-order valence-corrected chi connectivity index (χ2v) is 2.27. The van der Waals surface area contributed by atoms with Gasteiger partial charge >= 0.3 is 0 Å². The first kappa shape index (κ1) is 6.05. The molecule has 1 aliphatic heterocycles. The number of rotatable bonds is 0. The van der Waals surface area contributed by atoms with Gasteiger partial charge in [-0.15, -0.1) is 0 Å². The first-order valence-electron chi connectivity index (χ1n) is 3.46. The van der Waals surface area contributed by atoms with Crippen molar-refractivity contribution < 1.29 is 0 Å². The lowest BCUT2D eigenvalue weighted by Crippen LogP contribution is -2.34. The van der Waals surface area contributed by atoms with Crippen molar-refractivity contribution in [2.24, 2.45) is 0 Å². The predicted molar refractivity (Wildman–Crippen MR) is 34.5 cm³/mol. The summed E-state index contributed by atoms with van der Waals surface area (Å²) in [6.45, 7) is 2.28. The SMILES string of the molecule is C1CCCNNCC1. The summed E-state index contributed by atoms with van der Waals surface area (Å²) in [4.78, 5) is 0. The zero-order valence-electron chi connectivity index (χ0n) is 5.24. The third-order valence-corrected chi connectivity index (χ3v) is 1.48. The van der Waals surface area contributed by atoms with Gasteiger partial charge in [0.05, 0.1) is 0 Å². The summed E-state index contributed by atoms with van der Waals surface area (Å²) in [6.07, 6.45) is 5.45. The smallest absolute Gasteiger partial charge is 0.00997 e. The first-order valence-corrected chi connectivity index (χ1v) is 3.46. The minimum Gasteiger partial charge on any atom is -0.258 e. The van der Waals surface area contributed by atoms with Crippen molar-refractivity contribution in [1.29, 1.82) is 0 Å². The van der Waals surface area contributed by atoms with Crippen LogP contribution in [0.2, 0.25) is 0 Å². The van der Waals surface area contributed by atoms with Gasteiger partial charge in [0.25, 0.3) is 0 Å². The average Bonchev–Trinajstić information content (AvgIpc) is 1.62. The van der Waals surface area contributed by atoms with E-state index in [4.69, 9.17) is 0 Å².